The molecular formula is C24H26Cl2N8O4. The van der Waals surface area contributed by atoms with Crippen LogP contribution in [-0.2, 0) is 27.5 Å². The van der Waals surface area contributed by atoms with Gasteiger partial charge in [0.1, 0.15) is 23.8 Å². The zero-order valence-corrected chi connectivity index (χ0v) is 21.9. The van der Waals surface area contributed by atoms with E-state index in [1.54, 1.807) is 48.3 Å². The van der Waals surface area contributed by atoms with Crippen LogP contribution in [0.4, 0.5) is 0 Å². The summed E-state index contributed by atoms with van der Waals surface area (Å²) in [5, 5.41) is 32.5. The van der Waals surface area contributed by atoms with E-state index in [0.717, 1.165) is 0 Å². The minimum atomic E-state index is -1.15. The highest BCUT2D eigenvalue weighted by molar-refractivity contribution is 6.43. The number of nitriles is 1. The Morgan fingerprint density at radius 1 is 1.18 bits per heavy atom. The van der Waals surface area contributed by atoms with Gasteiger partial charge in [-0.05, 0) is 19.4 Å². The van der Waals surface area contributed by atoms with Crippen molar-refractivity contribution in [3.63, 3.8) is 0 Å². The van der Waals surface area contributed by atoms with Gasteiger partial charge in [0.25, 0.3) is 0 Å². The molecule has 0 aliphatic rings. The number of rotatable bonds is 12. The van der Waals surface area contributed by atoms with Gasteiger partial charge in [-0.1, -0.05) is 40.5 Å². The fraction of sp³-hybridized carbons (Fsp3) is 0.333. The van der Waals surface area contributed by atoms with E-state index in [2.05, 4.69) is 27.0 Å². The first-order valence-electron chi connectivity index (χ1n) is 11.6. The molecule has 2 unspecified atom stereocenters. The van der Waals surface area contributed by atoms with Crippen LogP contribution in [0.15, 0.2) is 36.8 Å². The molecule has 38 heavy (non-hydrogen) atoms. The summed E-state index contributed by atoms with van der Waals surface area (Å²) in [6.45, 7) is 2.43. The number of nitrogens with two attached hydrogens (primary N) is 1. The van der Waals surface area contributed by atoms with Crippen LogP contribution in [0.5, 0.6) is 0 Å². The van der Waals surface area contributed by atoms with Crippen molar-refractivity contribution in [3.05, 3.63) is 58.1 Å². The normalized spacial score (nSPS) is 12.4. The highest BCUT2D eigenvalue weighted by Crippen LogP contribution is 2.36. The fourth-order valence-electron chi connectivity index (χ4n) is 3.51. The molecule has 1 aromatic carbocycles. The maximum Gasteiger partial charge on any atom is 0.320 e. The average Bonchev–Trinajstić information content (AvgIpc) is 3.54. The van der Waals surface area contributed by atoms with Gasteiger partial charge in [-0.2, -0.15) is 5.26 Å². The largest absolute Gasteiger partial charge is 0.480 e. The van der Waals surface area contributed by atoms with Gasteiger partial charge in [-0.25, -0.2) is 0 Å². The minimum absolute atomic E-state index is 0.00513. The van der Waals surface area contributed by atoms with Crippen LogP contribution < -0.4 is 16.4 Å². The van der Waals surface area contributed by atoms with E-state index in [4.69, 9.17) is 34.0 Å². The summed E-state index contributed by atoms with van der Waals surface area (Å²) >= 11 is 12.4. The number of nitrogens with zero attached hydrogens (tertiary/aromatic N) is 5. The molecule has 200 valence electrons. The maximum absolute atomic E-state index is 12.8. The van der Waals surface area contributed by atoms with E-state index in [0.29, 0.717) is 39.0 Å². The number of benzene rings is 1. The lowest BCUT2D eigenvalue weighted by atomic mass is 10.1. The molecule has 2 aromatic heterocycles. The van der Waals surface area contributed by atoms with E-state index < -0.39 is 18.1 Å². The summed E-state index contributed by atoms with van der Waals surface area (Å²) in [5.74, 6) is -1.76. The average molecular weight is 561 g/mol. The van der Waals surface area contributed by atoms with Crippen LogP contribution in [0.25, 0.3) is 11.1 Å². The molecule has 2 atom stereocenters. The summed E-state index contributed by atoms with van der Waals surface area (Å²) in [6, 6.07) is 5.56. The van der Waals surface area contributed by atoms with Crippen LogP contribution in [0, 0.1) is 11.3 Å². The second-order valence-electron chi connectivity index (χ2n) is 8.45. The molecule has 2 heterocycles. The number of hydrogen-bond acceptors (Lipinski definition) is 7. The fourth-order valence-corrected chi connectivity index (χ4v) is 3.91. The first kappa shape index (κ1) is 28.6. The highest BCUT2D eigenvalue weighted by Gasteiger charge is 2.20. The molecule has 12 nitrogen and oxygen atoms in total. The molecule has 0 spiro atoms. The number of nitrogens with one attached hydrogen (secondary N) is 2. The molecule has 3 rings (SSSR count). The van der Waals surface area contributed by atoms with Gasteiger partial charge < -0.3 is 26.0 Å². The van der Waals surface area contributed by atoms with Crippen molar-refractivity contribution < 1.29 is 19.5 Å². The third-order valence-electron chi connectivity index (χ3n) is 5.73. The van der Waals surface area contributed by atoms with Gasteiger partial charge in [0.05, 0.1) is 34.9 Å². The predicted molar refractivity (Wildman–Crippen MR) is 139 cm³/mol. The second kappa shape index (κ2) is 13.0. The van der Waals surface area contributed by atoms with Crippen LogP contribution >= 0.6 is 23.2 Å². The van der Waals surface area contributed by atoms with Gasteiger partial charge in [0.2, 0.25) is 11.8 Å². The van der Waals surface area contributed by atoms with Gasteiger partial charge in [-0.15, -0.1) is 5.10 Å². The molecule has 0 saturated heterocycles. The molecule has 0 aliphatic carbocycles. The van der Waals surface area contributed by atoms with Crippen molar-refractivity contribution in [3.8, 4) is 17.2 Å². The van der Waals surface area contributed by atoms with Gasteiger partial charge >= 0.3 is 5.97 Å². The SMILES string of the molecule is CC(C(=O)NCc1cn(CCNC(=O)CCC(N)C(=O)O)nn1)n1cc(C#N)c(-c2cccc(Cl)c2Cl)c1. The predicted octanol–water partition coefficient (Wildman–Crippen LogP) is 2.11. The number of amides is 2. The molecule has 5 N–H and O–H groups in total. The summed E-state index contributed by atoms with van der Waals surface area (Å²) in [4.78, 5) is 35.3. The zero-order valence-electron chi connectivity index (χ0n) is 20.4. The number of halogens is 2. The van der Waals surface area contributed by atoms with Crippen molar-refractivity contribution in [2.75, 3.05) is 6.54 Å². The zero-order chi connectivity index (χ0) is 27.8. The Kier molecular flexibility index (Phi) is 9.84. The Labute approximate surface area is 228 Å². The van der Waals surface area contributed by atoms with Gasteiger partial charge in [0.15, 0.2) is 0 Å². The number of carbonyl (C=O) groups excluding carboxylic acids is 2. The number of aromatic nitrogens is 4. The van der Waals surface area contributed by atoms with Crippen molar-refractivity contribution in [1.82, 2.24) is 30.2 Å². The third-order valence-corrected chi connectivity index (χ3v) is 6.55. The summed E-state index contributed by atoms with van der Waals surface area (Å²) in [6.07, 6.45) is 4.95. The number of carboxylic acids is 1. The Morgan fingerprint density at radius 2 is 1.95 bits per heavy atom. The first-order valence-corrected chi connectivity index (χ1v) is 12.3. The first-order chi connectivity index (χ1) is 18.1. The quantitative estimate of drug-likeness (QED) is 0.259. The molecule has 3 aromatic rings. The van der Waals surface area contributed by atoms with Crippen LogP contribution in [0.1, 0.15) is 37.1 Å². The van der Waals surface area contributed by atoms with E-state index in [-0.39, 0.29) is 37.7 Å². The highest BCUT2D eigenvalue weighted by atomic mass is 35.5. The number of hydrogen-bond donors (Lipinski definition) is 4. The van der Waals surface area contributed by atoms with Crippen LogP contribution in [0.2, 0.25) is 10.0 Å². The third kappa shape index (κ3) is 7.32. The Hall–Kier alpha value is -3.92. The summed E-state index contributed by atoms with van der Waals surface area (Å²) in [7, 11) is 0. The summed E-state index contributed by atoms with van der Waals surface area (Å²) in [5.41, 5.74) is 7.42. The number of carboxylic acid groups (broad SMARTS) is 1. The number of aliphatic carboxylic acids is 1. The molecule has 0 saturated carbocycles. The second-order valence-corrected chi connectivity index (χ2v) is 9.23. The monoisotopic (exact) mass is 560 g/mol. The molecular weight excluding hydrogens is 535 g/mol. The minimum Gasteiger partial charge on any atom is -0.480 e. The van der Waals surface area contributed by atoms with Crippen LogP contribution in [0.3, 0.4) is 0 Å². The molecule has 2 amide bonds. The lowest BCUT2D eigenvalue weighted by Crippen LogP contribution is -2.33. The summed E-state index contributed by atoms with van der Waals surface area (Å²) < 4.78 is 3.14. The molecule has 14 heteroatoms. The Bertz CT molecular complexity index is 1360. The smallest absolute Gasteiger partial charge is 0.320 e. The number of carbonyl (C=O) groups is 3. The van der Waals surface area contributed by atoms with E-state index in [1.165, 1.54) is 4.68 Å². The van der Waals surface area contributed by atoms with E-state index in [1.807, 2.05) is 0 Å². The lowest BCUT2D eigenvalue weighted by Gasteiger charge is -2.13. The van der Waals surface area contributed by atoms with Crippen molar-refractivity contribution in [2.24, 2.45) is 5.73 Å². The van der Waals surface area contributed by atoms with E-state index in [9.17, 15) is 19.6 Å². The van der Waals surface area contributed by atoms with Gasteiger partial charge in [0, 0.05) is 36.5 Å². The van der Waals surface area contributed by atoms with Gasteiger partial charge in [-0.3, -0.25) is 19.1 Å². The van der Waals surface area contributed by atoms with Crippen molar-refractivity contribution >= 4 is 41.0 Å². The van der Waals surface area contributed by atoms with Crippen LogP contribution in [-0.4, -0.2) is 55.0 Å². The molecule has 0 bridgehead atoms. The van der Waals surface area contributed by atoms with E-state index >= 15 is 0 Å². The molecule has 0 fully saturated rings. The standard InChI is InChI=1S/C24H26Cl2N8O4/c1-14(33-11-15(9-27)18(13-33)17-3-2-4-19(25)22(17)26)23(36)30-10-16-12-34(32-31-16)8-7-29-21(35)6-5-20(28)24(37)38/h2-4,11-14,20H,5-8,10,28H2,1H3,(H,29,35)(H,30,36)(H,37,38). The lowest BCUT2D eigenvalue weighted by molar-refractivity contribution is -0.138. The van der Waals surface area contributed by atoms with Crippen molar-refractivity contribution in [1.29, 1.82) is 5.26 Å². The Morgan fingerprint density at radius 3 is 2.66 bits per heavy atom. The van der Waals surface area contributed by atoms with Crippen molar-refractivity contribution in [2.45, 2.75) is 44.9 Å². The molecule has 0 radical (unpaired) electrons. The molecule has 0 aliphatic heterocycles. The Balaban J connectivity index is 1.51. The maximum atomic E-state index is 12.8. The topological polar surface area (TPSA) is 181 Å².